The van der Waals surface area contributed by atoms with E-state index in [9.17, 15) is 4.79 Å². The number of amides is 1. The monoisotopic (exact) mass is 510 g/mol. The number of rotatable bonds is 6. The van der Waals surface area contributed by atoms with Gasteiger partial charge >= 0.3 is 0 Å². The van der Waals surface area contributed by atoms with Crippen LogP contribution < -0.4 is 15.8 Å². The first-order valence-electron chi connectivity index (χ1n) is 15.2. The molecule has 37 heavy (non-hydrogen) atoms. The zero-order valence-electron chi connectivity index (χ0n) is 24.2. The minimum atomic E-state index is 0.237. The van der Waals surface area contributed by atoms with E-state index in [1.54, 1.807) is 5.57 Å². The van der Waals surface area contributed by atoms with Gasteiger partial charge in [0.15, 0.2) is 0 Å². The first-order chi connectivity index (χ1) is 18.1. The van der Waals surface area contributed by atoms with E-state index in [0.29, 0.717) is 12.5 Å². The second-order valence-corrected chi connectivity index (χ2v) is 10.5. The van der Waals surface area contributed by atoms with Crippen molar-refractivity contribution in [3.63, 3.8) is 0 Å². The van der Waals surface area contributed by atoms with E-state index in [0.717, 1.165) is 38.0 Å². The molecule has 3 aliphatic carbocycles. The zero-order valence-corrected chi connectivity index (χ0v) is 24.2. The Morgan fingerprint density at radius 2 is 1.81 bits per heavy atom. The summed E-state index contributed by atoms with van der Waals surface area (Å²) in [5.74, 6) is 1.68. The summed E-state index contributed by atoms with van der Waals surface area (Å²) in [6.07, 6.45) is 23.3. The summed E-state index contributed by atoms with van der Waals surface area (Å²) in [7, 11) is 0. The van der Waals surface area contributed by atoms with Gasteiger partial charge in [-0.3, -0.25) is 4.79 Å². The summed E-state index contributed by atoms with van der Waals surface area (Å²) in [5, 5.41) is 2.91. The molecule has 0 radical (unpaired) electrons. The maximum Gasteiger partial charge on any atom is 0.223 e. The highest BCUT2D eigenvalue weighted by Crippen LogP contribution is 2.44. The molecule has 1 aromatic carbocycles. The lowest BCUT2D eigenvalue weighted by atomic mass is 9.74. The van der Waals surface area contributed by atoms with Gasteiger partial charge in [0.2, 0.25) is 5.91 Å². The van der Waals surface area contributed by atoms with Crippen LogP contribution in [0.4, 0.5) is 0 Å². The largest absolute Gasteiger partial charge is 0.487 e. The number of allylic oxidation sites excluding steroid dienone is 4. The van der Waals surface area contributed by atoms with Gasteiger partial charge in [-0.15, -0.1) is 0 Å². The van der Waals surface area contributed by atoms with Crippen molar-refractivity contribution in [2.75, 3.05) is 13.1 Å². The van der Waals surface area contributed by atoms with Gasteiger partial charge in [0.05, 0.1) is 0 Å². The molecule has 3 N–H and O–H groups in total. The van der Waals surface area contributed by atoms with Crippen LogP contribution in [0.1, 0.15) is 116 Å². The number of carbonyl (C=O) groups is 1. The van der Waals surface area contributed by atoms with Crippen LogP contribution in [0, 0.1) is 5.92 Å². The van der Waals surface area contributed by atoms with Gasteiger partial charge in [-0.2, -0.15) is 0 Å². The number of nitrogens with two attached hydrogens (primary N) is 1. The number of carbonyl (C=O) groups excluding carboxylic acids is 1. The Balaban J connectivity index is 0.000000197. The molecule has 0 bridgehead atoms. The molecule has 0 saturated heterocycles. The van der Waals surface area contributed by atoms with Crippen molar-refractivity contribution in [1.29, 1.82) is 0 Å². The van der Waals surface area contributed by atoms with E-state index in [1.807, 2.05) is 13.8 Å². The molecule has 4 nitrogen and oxygen atoms in total. The van der Waals surface area contributed by atoms with Crippen LogP contribution in [-0.2, 0) is 17.6 Å². The van der Waals surface area contributed by atoms with Crippen LogP contribution >= 0.6 is 0 Å². The number of fused-ring (bicyclic) bond motifs is 1. The van der Waals surface area contributed by atoms with Crippen LogP contribution in [0.25, 0.3) is 0 Å². The van der Waals surface area contributed by atoms with Crippen LogP contribution in [-0.4, -0.2) is 24.6 Å². The van der Waals surface area contributed by atoms with Crippen molar-refractivity contribution in [1.82, 2.24) is 5.32 Å². The van der Waals surface area contributed by atoms with Crippen LogP contribution in [0.3, 0.4) is 0 Å². The minimum absolute atomic E-state index is 0.237. The molecule has 1 spiro atoms. The lowest BCUT2D eigenvalue weighted by Gasteiger charge is -2.45. The minimum Gasteiger partial charge on any atom is -0.487 e. The highest BCUT2D eigenvalue weighted by molar-refractivity contribution is 5.78. The normalized spacial score (nSPS) is 18.8. The van der Waals surface area contributed by atoms with E-state index in [4.69, 9.17) is 10.5 Å². The van der Waals surface area contributed by atoms with Crippen LogP contribution in [0.2, 0.25) is 0 Å². The Kier molecular flexibility index (Phi) is 14.7. The predicted octanol–water partition coefficient (Wildman–Crippen LogP) is 7.84. The van der Waals surface area contributed by atoms with Gasteiger partial charge in [-0.25, -0.2) is 0 Å². The van der Waals surface area contributed by atoms with Crippen molar-refractivity contribution < 1.29 is 9.53 Å². The number of ether oxygens (including phenoxy) is 1. The topological polar surface area (TPSA) is 64.3 Å². The quantitative estimate of drug-likeness (QED) is 0.383. The standard InChI is InChI=1S/C14H18O.C9H18N2O.C8H12.C2H6/c1-2-11-4-5-13-12(10-11)6-9-14(15-13)7-3-8-14;10-6-3-7-11-9(12)8-4-1-2-5-8;1-2-8-6-4-3-5-7-8;1-2/h4-5,10H,2-3,6-9H2,1H3;8H,1-7,10H2,(H,11,12);3-4,6H,2,5,7H2,1H3;1-2H3. The number of hydrogen-bond donors (Lipinski definition) is 2. The summed E-state index contributed by atoms with van der Waals surface area (Å²) in [6.45, 7) is 9.82. The highest BCUT2D eigenvalue weighted by atomic mass is 16.5. The molecule has 4 aliphatic rings. The Morgan fingerprint density at radius 3 is 2.35 bits per heavy atom. The molecule has 0 unspecified atom stereocenters. The van der Waals surface area contributed by atoms with Gasteiger partial charge in [-0.05, 0) is 101 Å². The molecule has 4 heteroatoms. The van der Waals surface area contributed by atoms with E-state index < -0.39 is 0 Å². The van der Waals surface area contributed by atoms with Gasteiger partial charge in [0.25, 0.3) is 0 Å². The van der Waals surface area contributed by atoms with Crippen LogP contribution in [0.5, 0.6) is 5.75 Å². The van der Waals surface area contributed by atoms with Gasteiger partial charge < -0.3 is 15.8 Å². The Morgan fingerprint density at radius 1 is 1.05 bits per heavy atom. The predicted molar refractivity (Wildman–Crippen MR) is 158 cm³/mol. The van der Waals surface area contributed by atoms with Crippen molar-refractivity contribution >= 4 is 5.91 Å². The maximum atomic E-state index is 11.4. The van der Waals surface area contributed by atoms with E-state index in [-0.39, 0.29) is 11.5 Å². The first-order valence-corrected chi connectivity index (χ1v) is 15.2. The molecule has 0 atom stereocenters. The lowest BCUT2D eigenvalue weighted by Crippen LogP contribution is -2.45. The smallest absolute Gasteiger partial charge is 0.223 e. The molecule has 208 valence electrons. The Labute approximate surface area is 227 Å². The average Bonchev–Trinajstić information content (AvgIpc) is 3.49. The molecule has 2 saturated carbocycles. The van der Waals surface area contributed by atoms with E-state index >= 15 is 0 Å². The molecular weight excluding hydrogens is 456 g/mol. The fourth-order valence-electron chi connectivity index (χ4n) is 5.31. The van der Waals surface area contributed by atoms with Gasteiger partial charge in [0.1, 0.15) is 11.4 Å². The summed E-state index contributed by atoms with van der Waals surface area (Å²) in [4.78, 5) is 11.4. The summed E-state index contributed by atoms with van der Waals surface area (Å²) < 4.78 is 6.15. The van der Waals surface area contributed by atoms with E-state index in [1.165, 1.54) is 75.3 Å². The van der Waals surface area contributed by atoms with Crippen molar-refractivity contribution in [2.45, 2.75) is 123 Å². The van der Waals surface area contributed by atoms with E-state index in [2.05, 4.69) is 55.6 Å². The zero-order chi connectivity index (χ0) is 26.9. The fourth-order valence-corrected chi connectivity index (χ4v) is 5.31. The third kappa shape index (κ3) is 10.3. The summed E-state index contributed by atoms with van der Waals surface area (Å²) in [5.41, 5.74) is 10.00. The van der Waals surface area contributed by atoms with Gasteiger partial charge in [-0.1, -0.05) is 76.5 Å². The maximum absolute atomic E-state index is 11.4. The Bertz CT molecular complexity index is 848. The summed E-state index contributed by atoms with van der Waals surface area (Å²) >= 11 is 0. The summed E-state index contributed by atoms with van der Waals surface area (Å²) in [6, 6.07) is 6.70. The van der Waals surface area contributed by atoms with Crippen molar-refractivity contribution in [2.24, 2.45) is 11.7 Å². The molecule has 1 amide bonds. The number of hydrogen-bond acceptors (Lipinski definition) is 3. The number of aryl methyl sites for hydroxylation is 2. The van der Waals surface area contributed by atoms with Crippen LogP contribution in [0.15, 0.2) is 42.0 Å². The molecule has 0 aromatic heterocycles. The molecule has 1 aliphatic heterocycles. The average molecular weight is 511 g/mol. The molecule has 1 heterocycles. The van der Waals surface area contributed by atoms with Gasteiger partial charge in [0, 0.05) is 12.5 Å². The molecule has 2 fully saturated rings. The SMILES string of the molecule is CC.CCC1=CC=CCC1.CCc1ccc2c(c1)CCC1(CCC1)O2.NCCCNC(=O)C1CCCC1. The lowest BCUT2D eigenvalue weighted by molar-refractivity contribution is -0.124. The second-order valence-electron chi connectivity index (χ2n) is 10.5. The fraction of sp³-hybridized carbons (Fsp3) is 0.667. The second kappa shape index (κ2) is 17.4. The molecule has 1 aromatic rings. The third-order valence-electron chi connectivity index (χ3n) is 7.93. The first kappa shape index (κ1) is 31.1. The third-order valence-corrected chi connectivity index (χ3v) is 7.93. The number of nitrogens with one attached hydrogen (secondary N) is 1. The molecular formula is C33H54N2O2. The highest BCUT2D eigenvalue weighted by Gasteiger charge is 2.41. The molecule has 5 rings (SSSR count). The Hall–Kier alpha value is -2.07. The number of benzene rings is 1. The van der Waals surface area contributed by atoms with Crippen molar-refractivity contribution in [3.05, 3.63) is 53.1 Å². The van der Waals surface area contributed by atoms with Crippen molar-refractivity contribution in [3.8, 4) is 5.75 Å².